The van der Waals surface area contributed by atoms with Gasteiger partial charge >= 0.3 is 5.97 Å². The molecule has 0 aliphatic heterocycles. The van der Waals surface area contributed by atoms with E-state index in [1.54, 1.807) is 31.2 Å². The smallest absolute Gasteiger partial charge is 0.341 e. The van der Waals surface area contributed by atoms with Crippen LogP contribution >= 0.6 is 11.3 Å². The van der Waals surface area contributed by atoms with Crippen LogP contribution in [0.3, 0.4) is 0 Å². The topological polar surface area (TPSA) is 84.5 Å². The molecule has 4 rings (SSSR count). The minimum Gasteiger partial charge on any atom is -0.462 e. The first kappa shape index (κ1) is 23.7. The predicted octanol–water partition coefficient (Wildman–Crippen LogP) is 5.30. The zero-order valence-corrected chi connectivity index (χ0v) is 20.0. The molecule has 176 valence electrons. The van der Waals surface area contributed by atoms with Crippen molar-refractivity contribution in [3.05, 3.63) is 87.8 Å². The lowest BCUT2D eigenvalue weighted by atomic mass is 9.95. The summed E-state index contributed by atoms with van der Waals surface area (Å²) in [5, 5.41) is 6.47. The van der Waals surface area contributed by atoms with E-state index in [0.717, 1.165) is 41.7 Å². The van der Waals surface area contributed by atoms with Gasteiger partial charge in [0.15, 0.2) is 0 Å². The molecule has 0 radical (unpaired) electrons. The van der Waals surface area contributed by atoms with E-state index in [2.05, 4.69) is 10.6 Å². The lowest BCUT2D eigenvalue weighted by molar-refractivity contribution is -0.116. The summed E-state index contributed by atoms with van der Waals surface area (Å²) in [6.07, 6.45) is 3.85. The zero-order valence-electron chi connectivity index (χ0n) is 19.1. The van der Waals surface area contributed by atoms with Gasteiger partial charge in [-0.3, -0.25) is 9.59 Å². The molecule has 0 unspecified atom stereocenters. The van der Waals surface area contributed by atoms with Crippen LogP contribution in [0.25, 0.3) is 0 Å². The molecule has 2 N–H and O–H groups in total. The van der Waals surface area contributed by atoms with E-state index >= 15 is 0 Å². The number of carbonyl (C=O) groups excluding carboxylic acids is 3. The minimum atomic E-state index is -0.519. The molecule has 0 fully saturated rings. The number of carbonyl (C=O) groups is 3. The lowest BCUT2D eigenvalue weighted by Crippen LogP contribution is -2.31. The number of benzene rings is 2. The summed E-state index contributed by atoms with van der Waals surface area (Å²) in [6.45, 7) is 2.05. The molecular weight excluding hydrogens is 448 g/mol. The Morgan fingerprint density at radius 3 is 2.35 bits per heavy atom. The molecule has 0 saturated carbocycles. The fraction of sp³-hybridized carbons (Fsp3) is 0.296. The average Bonchev–Trinajstić information content (AvgIpc) is 3.22. The summed E-state index contributed by atoms with van der Waals surface area (Å²) in [4.78, 5) is 39.8. The number of hydrogen-bond acceptors (Lipinski definition) is 5. The van der Waals surface area contributed by atoms with Gasteiger partial charge in [0.25, 0.3) is 5.91 Å². The quantitative estimate of drug-likeness (QED) is 0.432. The molecular formula is C27H28N2O4S. The summed E-state index contributed by atoms with van der Waals surface area (Å²) >= 11 is 1.46. The van der Waals surface area contributed by atoms with E-state index in [1.165, 1.54) is 11.3 Å². The van der Waals surface area contributed by atoms with Gasteiger partial charge in [0, 0.05) is 10.4 Å². The highest BCUT2D eigenvalue weighted by Gasteiger charge is 2.28. The molecule has 1 heterocycles. The number of anilines is 1. The van der Waals surface area contributed by atoms with Crippen molar-refractivity contribution in [1.29, 1.82) is 0 Å². The number of fused-ring (bicyclic) bond motifs is 1. The van der Waals surface area contributed by atoms with Crippen LogP contribution in [0.2, 0.25) is 0 Å². The maximum atomic E-state index is 13.2. The minimum absolute atomic E-state index is 0.0351. The molecule has 7 heteroatoms. The Morgan fingerprint density at radius 1 is 0.971 bits per heavy atom. The molecule has 0 saturated heterocycles. The molecule has 2 amide bonds. The number of rotatable bonds is 8. The van der Waals surface area contributed by atoms with Crippen molar-refractivity contribution in [3.63, 3.8) is 0 Å². The summed E-state index contributed by atoms with van der Waals surface area (Å²) in [5.41, 5.74) is 2.85. The van der Waals surface area contributed by atoms with Crippen LogP contribution in [0.4, 0.5) is 5.00 Å². The van der Waals surface area contributed by atoms with Gasteiger partial charge in [-0.15, -0.1) is 11.3 Å². The molecule has 1 aliphatic carbocycles. The third-order valence-electron chi connectivity index (χ3n) is 5.84. The number of nitrogens with one attached hydrogen (secondary N) is 2. The van der Waals surface area contributed by atoms with E-state index in [9.17, 15) is 14.4 Å². The van der Waals surface area contributed by atoms with Crippen LogP contribution < -0.4 is 10.6 Å². The van der Waals surface area contributed by atoms with Gasteiger partial charge in [-0.2, -0.15) is 0 Å². The molecule has 1 aromatic heterocycles. The van der Waals surface area contributed by atoms with E-state index in [4.69, 9.17) is 4.74 Å². The molecule has 0 bridgehead atoms. The Kier molecular flexibility index (Phi) is 7.75. The molecule has 6 nitrogen and oxygen atoms in total. The second-order valence-electron chi connectivity index (χ2n) is 8.19. The van der Waals surface area contributed by atoms with Gasteiger partial charge in [0.2, 0.25) is 5.91 Å². The van der Waals surface area contributed by atoms with Crippen molar-refractivity contribution >= 4 is 34.1 Å². The van der Waals surface area contributed by atoms with E-state index in [0.29, 0.717) is 16.1 Å². The molecule has 0 spiro atoms. The van der Waals surface area contributed by atoms with Crippen LogP contribution in [0.15, 0.2) is 60.7 Å². The van der Waals surface area contributed by atoms with Gasteiger partial charge in [-0.1, -0.05) is 48.5 Å². The maximum absolute atomic E-state index is 13.2. The summed E-state index contributed by atoms with van der Waals surface area (Å²) < 4.78 is 5.29. The first-order valence-electron chi connectivity index (χ1n) is 11.6. The van der Waals surface area contributed by atoms with Crippen molar-refractivity contribution in [3.8, 4) is 0 Å². The Labute approximate surface area is 203 Å². The van der Waals surface area contributed by atoms with E-state index in [-0.39, 0.29) is 24.8 Å². The number of hydrogen-bond donors (Lipinski definition) is 2. The third-order valence-corrected chi connectivity index (χ3v) is 7.04. The van der Waals surface area contributed by atoms with Gasteiger partial charge in [0.05, 0.1) is 24.6 Å². The summed E-state index contributed by atoms with van der Waals surface area (Å²) in [5.74, 6) is -0.915. The van der Waals surface area contributed by atoms with E-state index in [1.807, 2.05) is 36.4 Å². The van der Waals surface area contributed by atoms with Crippen molar-refractivity contribution < 1.29 is 19.1 Å². The fourth-order valence-corrected chi connectivity index (χ4v) is 5.50. The van der Waals surface area contributed by atoms with Crippen molar-refractivity contribution in [1.82, 2.24) is 5.32 Å². The second kappa shape index (κ2) is 11.1. The Bertz CT molecular complexity index is 1160. The van der Waals surface area contributed by atoms with Crippen LogP contribution in [0.5, 0.6) is 0 Å². The highest BCUT2D eigenvalue weighted by Crippen LogP contribution is 2.39. The first-order chi connectivity index (χ1) is 16.6. The second-order valence-corrected chi connectivity index (χ2v) is 9.30. The average molecular weight is 477 g/mol. The molecule has 34 heavy (non-hydrogen) atoms. The Morgan fingerprint density at radius 2 is 1.65 bits per heavy atom. The van der Waals surface area contributed by atoms with Crippen LogP contribution in [0, 0.1) is 0 Å². The highest BCUT2D eigenvalue weighted by molar-refractivity contribution is 7.17. The van der Waals surface area contributed by atoms with E-state index < -0.39 is 12.0 Å². The number of aryl methyl sites for hydroxylation is 1. The first-order valence-corrected chi connectivity index (χ1v) is 12.4. The maximum Gasteiger partial charge on any atom is 0.341 e. The normalized spacial score (nSPS) is 13.4. The van der Waals surface area contributed by atoms with Crippen LogP contribution in [-0.4, -0.2) is 24.4 Å². The van der Waals surface area contributed by atoms with Gasteiger partial charge in [0.1, 0.15) is 5.00 Å². The van der Waals surface area contributed by atoms with Crippen molar-refractivity contribution in [2.75, 3.05) is 11.9 Å². The SMILES string of the molecule is CCOC(=O)c1c(NC(=O)C[C@H](NC(=O)c2ccccc2)c2ccccc2)sc2c1CCCC2. The van der Waals surface area contributed by atoms with Crippen LogP contribution in [0.1, 0.15) is 68.9 Å². The summed E-state index contributed by atoms with van der Waals surface area (Å²) in [7, 11) is 0. The standard InChI is InChI=1S/C27H28N2O4S/c1-2-33-27(32)24-20-15-9-10-16-22(20)34-26(24)29-23(30)17-21(18-11-5-3-6-12-18)28-25(31)19-13-7-4-8-14-19/h3-8,11-14,21H,2,9-10,15-17H2,1H3,(H,28,31)(H,29,30)/t21-/m0/s1. The number of amides is 2. The predicted molar refractivity (Wildman–Crippen MR) is 133 cm³/mol. The third kappa shape index (κ3) is 5.54. The number of thiophene rings is 1. The monoisotopic (exact) mass is 476 g/mol. The molecule has 2 aromatic carbocycles. The van der Waals surface area contributed by atoms with Gasteiger partial charge in [-0.05, 0) is 55.9 Å². The van der Waals surface area contributed by atoms with Gasteiger partial charge < -0.3 is 15.4 Å². The summed E-state index contributed by atoms with van der Waals surface area (Å²) in [6, 6.07) is 17.8. The Balaban J connectivity index is 1.55. The molecule has 1 atom stereocenters. The van der Waals surface area contributed by atoms with Crippen LogP contribution in [-0.2, 0) is 22.4 Å². The number of ether oxygens (including phenoxy) is 1. The zero-order chi connectivity index (χ0) is 23.9. The van der Waals surface area contributed by atoms with Crippen molar-refractivity contribution in [2.45, 2.75) is 45.1 Å². The largest absolute Gasteiger partial charge is 0.462 e. The molecule has 1 aliphatic rings. The fourth-order valence-electron chi connectivity index (χ4n) is 4.20. The number of esters is 1. The van der Waals surface area contributed by atoms with Gasteiger partial charge in [-0.25, -0.2) is 4.79 Å². The lowest BCUT2D eigenvalue weighted by Gasteiger charge is -2.19. The molecule has 3 aromatic rings. The Hall–Kier alpha value is -3.45. The highest BCUT2D eigenvalue weighted by atomic mass is 32.1. The van der Waals surface area contributed by atoms with Crippen molar-refractivity contribution in [2.24, 2.45) is 0 Å².